The third-order valence-corrected chi connectivity index (χ3v) is 5.03. The maximum atomic E-state index is 6.06. The Labute approximate surface area is 165 Å². The summed E-state index contributed by atoms with van der Waals surface area (Å²) in [5, 5.41) is 9.53. The fourth-order valence-electron chi connectivity index (χ4n) is 3.37. The molecule has 0 saturated carbocycles. The Morgan fingerprint density at radius 2 is 1.68 bits per heavy atom. The SMILES string of the molecule is Cc1c(C)n(CC=Cc2ccccc2)c2c(OCc3ccccc3)nncc12. The fourth-order valence-corrected chi connectivity index (χ4v) is 3.37. The van der Waals surface area contributed by atoms with E-state index in [9.17, 15) is 0 Å². The van der Waals surface area contributed by atoms with Crippen LogP contribution in [0.15, 0.2) is 72.9 Å². The van der Waals surface area contributed by atoms with Crippen LogP contribution in [0.2, 0.25) is 0 Å². The maximum Gasteiger partial charge on any atom is 0.258 e. The predicted molar refractivity (Wildman–Crippen MR) is 113 cm³/mol. The largest absolute Gasteiger partial charge is 0.470 e. The minimum Gasteiger partial charge on any atom is -0.470 e. The number of benzene rings is 2. The first-order valence-electron chi connectivity index (χ1n) is 9.43. The predicted octanol–water partition coefficient (Wildman–Crippen LogP) is 5.34. The lowest BCUT2D eigenvalue weighted by molar-refractivity contribution is 0.293. The quantitative estimate of drug-likeness (QED) is 0.460. The summed E-state index contributed by atoms with van der Waals surface area (Å²) in [6, 6.07) is 20.4. The first-order chi connectivity index (χ1) is 13.7. The van der Waals surface area contributed by atoms with Crippen LogP contribution in [0.25, 0.3) is 17.0 Å². The molecule has 2 aromatic heterocycles. The van der Waals surface area contributed by atoms with Gasteiger partial charge in [0.1, 0.15) is 12.1 Å². The van der Waals surface area contributed by atoms with Crippen LogP contribution in [0.1, 0.15) is 22.4 Å². The van der Waals surface area contributed by atoms with Crippen LogP contribution in [0.4, 0.5) is 0 Å². The Bertz CT molecular complexity index is 1100. The van der Waals surface area contributed by atoms with E-state index >= 15 is 0 Å². The Hall–Kier alpha value is -3.40. The normalized spacial score (nSPS) is 11.4. The van der Waals surface area contributed by atoms with Crippen molar-refractivity contribution in [1.82, 2.24) is 14.8 Å². The van der Waals surface area contributed by atoms with Crippen LogP contribution in [-0.2, 0) is 13.2 Å². The average Bonchev–Trinajstić information content (AvgIpc) is 2.99. The molecule has 0 N–H and O–H groups in total. The lowest BCUT2D eigenvalue weighted by atomic mass is 10.2. The van der Waals surface area contributed by atoms with Crippen molar-refractivity contribution in [3.05, 3.63) is 95.3 Å². The Morgan fingerprint density at radius 3 is 2.43 bits per heavy atom. The number of fused-ring (bicyclic) bond motifs is 1. The molecule has 0 fully saturated rings. The Balaban J connectivity index is 1.65. The molecule has 28 heavy (non-hydrogen) atoms. The van der Waals surface area contributed by atoms with Gasteiger partial charge in [0.05, 0.1) is 6.20 Å². The third-order valence-electron chi connectivity index (χ3n) is 5.03. The topological polar surface area (TPSA) is 39.9 Å². The van der Waals surface area contributed by atoms with Crippen molar-refractivity contribution in [2.45, 2.75) is 27.0 Å². The van der Waals surface area contributed by atoms with Crippen molar-refractivity contribution in [1.29, 1.82) is 0 Å². The Kier molecular flexibility index (Phi) is 5.20. The number of nitrogens with zero attached hydrogens (tertiary/aromatic N) is 3. The number of allylic oxidation sites excluding steroid dienone is 1. The van der Waals surface area contributed by atoms with E-state index in [0.717, 1.165) is 23.0 Å². The summed E-state index contributed by atoms with van der Waals surface area (Å²) < 4.78 is 8.31. The highest BCUT2D eigenvalue weighted by Crippen LogP contribution is 2.30. The van der Waals surface area contributed by atoms with E-state index in [1.165, 1.54) is 16.8 Å². The summed E-state index contributed by atoms with van der Waals surface area (Å²) in [4.78, 5) is 0. The summed E-state index contributed by atoms with van der Waals surface area (Å²) >= 11 is 0. The van der Waals surface area contributed by atoms with E-state index in [1.54, 1.807) is 0 Å². The highest BCUT2D eigenvalue weighted by molar-refractivity contribution is 5.88. The molecular weight excluding hydrogens is 346 g/mol. The van der Waals surface area contributed by atoms with Gasteiger partial charge < -0.3 is 9.30 Å². The van der Waals surface area contributed by atoms with Crippen LogP contribution in [0, 0.1) is 13.8 Å². The van der Waals surface area contributed by atoms with Gasteiger partial charge in [-0.05, 0) is 30.5 Å². The monoisotopic (exact) mass is 369 g/mol. The summed E-state index contributed by atoms with van der Waals surface area (Å²) in [5.74, 6) is 0.575. The molecule has 2 aromatic carbocycles. The molecule has 0 aliphatic carbocycles. The van der Waals surface area contributed by atoms with E-state index in [2.05, 4.69) is 52.9 Å². The van der Waals surface area contributed by atoms with Crippen LogP contribution >= 0.6 is 0 Å². The van der Waals surface area contributed by atoms with E-state index in [4.69, 9.17) is 4.74 Å². The highest BCUT2D eigenvalue weighted by atomic mass is 16.5. The van der Waals surface area contributed by atoms with Gasteiger partial charge in [-0.15, -0.1) is 5.10 Å². The fraction of sp³-hybridized carbons (Fsp3) is 0.167. The van der Waals surface area contributed by atoms with E-state index < -0.39 is 0 Å². The van der Waals surface area contributed by atoms with Gasteiger partial charge in [-0.2, -0.15) is 5.10 Å². The van der Waals surface area contributed by atoms with Gasteiger partial charge in [0.15, 0.2) is 0 Å². The van der Waals surface area contributed by atoms with Gasteiger partial charge in [-0.25, -0.2) is 0 Å². The molecule has 0 aliphatic heterocycles. The van der Waals surface area contributed by atoms with Crippen molar-refractivity contribution >= 4 is 17.0 Å². The van der Waals surface area contributed by atoms with E-state index in [1.807, 2.05) is 54.7 Å². The second-order valence-electron chi connectivity index (χ2n) is 6.82. The number of hydrogen-bond acceptors (Lipinski definition) is 3. The molecule has 0 radical (unpaired) electrons. The number of rotatable bonds is 6. The molecule has 0 aliphatic rings. The molecular formula is C24H23N3O. The molecule has 0 spiro atoms. The molecule has 4 nitrogen and oxygen atoms in total. The van der Waals surface area contributed by atoms with Crippen molar-refractivity contribution in [2.75, 3.05) is 0 Å². The van der Waals surface area contributed by atoms with Crippen molar-refractivity contribution in [3.8, 4) is 5.88 Å². The van der Waals surface area contributed by atoms with E-state index in [0.29, 0.717) is 12.5 Å². The zero-order chi connectivity index (χ0) is 19.3. The molecule has 4 heteroatoms. The molecule has 0 amide bonds. The second-order valence-corrected chi connectivity index (χ2v) is 6.82. The first kappa shape index (κ1) is 18.0. The third kappa shape index (κ3) is 3.67. The minimum atomic E-state index is 0.470. The van der Waals surface area contributed by atoms with Crippen LogP contribution in [-0.4, -0.2) is 14.8 Å². The average molecular weight is 369 g/mol. The summed E-state index contributed by atoms with van der Waals surface area (Å²) in [7, 11) is 0. The van der Waals surface area contributed by atoms with Crippen molar-refractivity contribution < 1.29 is 4.74 Å². The molecule has 140 valence electrons. The molecule has 0 bridgehead atoms. The standard InChI is InChI=1S/C24H23N3O/c1-18-19(2)27(15-9-14-20-10-5-3-6-11-20)23-22(18)16-25-26-24(23)28-17-21-12-7-4-8-13-21/h3-14,16H,15,17H2,1-2H3. The maximum absolute atomic E-state index is 6.06. The Morgan fingerprint density at radius 1 is 0.964 bits per heavy atom. The first-order valence-corrected chi connectivity index (χ1v) is 9.43. The zero-order valence-corrected chi connectivity index (χ0v) is 16.2. The lowest BCUT2D eigenvalue weighted by Crippen LogP contribution is -2.03. The second kappa shape index (κ2) is 8.09. The van der Waals surface area contributed by atoms with E-state index in [-0.39, 0.29) is 0 Å². The highest BCUT2D eigenvalue weighted by Gasteiger charge is 2.16. The molecule has 0 atom stereocenters. The smallest absolute Gasteiger partial charge is 0.258 e. The molecule has 0 unspecified atom stereocenters. The van der Waals surface area contributed by atoms with Crippen LogP contribution in [0.5, 0.6) is 5.88 Å². The zero-order valence-electron chi connectivity index (χ0n) is 16.2. The van der Waals surface area contributed by atoms with Crippen molar-refractivity contribution in [3.63, 3.8) is 0 Å². The van der Waals surface area contributed by atoms with Gasteiger partial charge in [0.25, 0.3) is 5.88 Å². The molecule has 0 saturated heterocycles. The number of aromatic nitrogens is 3. The molecule has 4 rings (SSSR count). The van der Waals surface area contributed by atoms with Gasteiger partial charge in [-0.1, -0.05) is 72.8 Å². The van der Waals surface area contributed by atoms with Crippen LogP contribution in [0.3, 0.4) is 0 Å². The van der Waals surface area contributed by atoms with Gasteiger partial charge in [-0.3, -0.25) is 0 Å². The van der Waals surface area contributed by atoms with Gasteiger partial charge >= 0.3 is 0 Å². The lowest BCUT2D eigenvalue weighted by Gasteiger charge is -2.10. The summed E-state index contributed by atoms with van der Waals surface area (Å²) in [6.45, 7) is 5.47. The van der Waals surface area contributed by atoms with Crippen molar-refractivity contribution in [2.24, 2.45) is 0 Å². The van der Waals surface area contributed by atoms with Crippen LogP contribution < -0.4 is 4.74 Å². The number of hydrogen-bond donors (Lipinski definition) is 0. The van der Waals surface area contributed by atoms with Gasteiger partial charge in [0.2, 0.25) is 0 Å². The summed E-state index contributed by atoms with van der Waals surface area (Å²) in [5.41, 5.74) is 5.71. The van der Waals surface area contributed by atoms with Gasteiger partial charge in [0, 0.05) is 17.6 Å². The molecule has 4 aromatic rings. The minimum absolute atomic E-state index is 0.470. The number of ether oxygens (including phenoxy) is 1. The molecule has 2 heterocycles. The summed E-state index contributed by atoms with van der Waals surface area (Å²) in [6.07, 6.45) is 6.13. The number of aryl methyl sites for hydroxylation is 1.